The molecule has 2 rings (SSSR count). The SMILES string of the molecule is Cn1c(=O)cnn(-c2cc(OS(C)(=O)=O)c(Cl)cc2Cl)c1=O. The standard InChI is InChI=1S/C11H9Cl2N3O5S/c1-15-10(17)5-14-16(11(15)18)8-4-9(21-22(2,19)20)7(13)3-6(8)12/h3-5H,1-2H3. The highest BCUT2D eigenvalue weighted by Gasteiger charge is 2.16. The Bertz CT molecular complexity index is 965. The number of aromatic nitrogens is 3. The van der Waals surface area contributed by atoms with Gasteiger partial charge in [-0.2, -0.15) is 18.2 Å². The van der Waals surface area contributed by atoms with Crippen LogP contribution in [0, 0.1) is 0 Å². The normalized spacial score (nSPS) is 11.5. The van der Waals surface area contributed by atoms with Crippen LogP contribution in [0.4, 0.5) is 0 Å². The van der Waals surface area contributed by atoms with E-state index in [4.69, 9.17) is 27.4 Å². The Morgan fingerprint density at radius 1 is 1.18 bits per heavy atom. The molecule has 1 aromatic heterocycles. The van der Waals surface area contributed by atoms with E-state index >= 15 is 0 Å². The van der Waals surface area contributed by atoms with Crippen LogP contribution in [0.1, 0.15) is 0 Å². The van der Waals surface area contributed by atoms with Crippen LogP contribution in [-0.2, 0) is 17.2 Å². The van der Waals surface area contributed by atoms with Gasteiger partial charge in [0, 0.05) is 13.1 Å². The summed E-state index contributed by atoms with van der Waals surface area (Å²) in [6, 6.07) is 2.35. The number of hydrogen-bond acceptors (Lipinski definition) is 6. The van der Waals surface area contributed by atoms with E-state index in [0.717, 1.165) is 27.8 Å². The number of halogens is 2. The fourth-order valence-electron chi connectivity index (χ4n) is 1.55. The molecule has 0 spiro atoms. The average Bonchev–Trinajstić information content (AvgIpc) is 2.39. The van der Waals surface area contributed by atoms with Crippen molar-refractivity contribution in [3.8, 4) is 11.4 Å². The second-order valence-corrected chi connectivity index (χ2v) is 6.65. The summed E-state index contributed by atoms with van der Waals surface area (Å²) in [6.07, 6.45) is 1.76. The molecule has 0 amide bonds. The molecule has 11 heteroatoms. The van der Waals surface area contributed by atoms with Crippen molar-refractivity contribution in [3.05, 3.63) is 49.2 Å². The Kier molecular flexibility index (Phi) is 4.32. The van der Waals surface area contributed by atoms with E-state index < -0.39 is 21.4 Å². The fourth-order valence-corrected chi connectivity index (χ4v) is 2.56. The van der Waals surface area contributed by atoms with E-state index in [1.165, 1.54) is 13.1 Å². The van der Waals surface area contributed by atoms with Gasteiger partial charge in [-0.15, -0.1) is 0 Å². The lowest BCUT2D eigenvalue weighted by Crippen LogP contribution is -2.38. The van der Waals surface area contributed by atoms with Crippen molar-refractivity contribution in [3.63, 3.8) is 0 Å². The van der Waals surface area contributed by atoms with E-state index in [-0.39, 0.29) is 21.5 Å². The molecule has 0 radical (unpaired) electrons. The summed E-state index contributed by atoms with van der Waals surface area (Å²) in [5.41, 5.74) is -1.34. The largest absolute Gasteiger partial charge is 0.381 e. The van der Waals surface area contributed by atoms with Gasteiger partial charge in [0.25, 0.3) is 5.56 Å². The van der Waals surface area contributed by atoms with Gasteiger partial charge >= 0.3 is 15.8 Å². The second kappa shape index (κ2) is 5.75. The van der Waals surface area contributed by atoms with Gasteiger partial charge in [0.15, 0.2) is 5.75 Å². The quantitative estimate of drug-likeness (QED) is 0.737. The van der Waals surface area contributed by atoms with Gasteiger partial charge in [-0.05, 0) is 6.07 Å². The molecule has 2 aromatic rings. The second-order valence-electron chi connectivity index (χ2n) is 4.26. The summed E-state index contributed by atoms with van der Waals surface area (Å²) >= 11 is 11.8. The van der Waals surface area contributed by atoms with Crippen LogP contribution < -0.4 is 15.4 Å². The van der Waals surface area contributed by atoms with E-state index in [2.05, 4.69) is 5.10 Å². The first-order valence-corrected chi connectivity index (χ1v) is 8.21. The summed E-state index contributed by atoms with van der Waals surface area (Å²) in [7, 11) is -2.56. The molecule has 8 nitrogen and oxygen atoms in total. The van der Waals surface area contributed by atoms with Crippen molar-refractivity contribution in [2.24, 2.45) is 7.05 Å². The Morgan fingerprint density at radius 3 is 2.41 bits per heavy atom. The molecular formula is C11H9Cl2N3O5S. The molecule has 0 N–H and O–H groups in total. The maximum absolute atomic E-state index is 12.0. The highest BCUT2D eigenvalue weighted by molar-refractivity contribution is 7.86. The molecule has 0 unspecified atom stereocenters. The Morgan fingerprint density at radius 2 is 1.82 bits per heavy atom. The Hall–Kier alpha value is -1.84. The number of nitrogens with zero attached hydrogens (tertiary/aromatic N) is 3. The molecule has 0 saturated heterocycles. The van der Waals surface area contributed by atoms with E-state index in [0.29, 0.717) is 0 Å². The zero-order chi connectivity index (χ0) is 16.7. The predicted molar refractivity (Wildman–Crippen MR) is 80.6 cm³/mol. The van der Waals surface area contributed by atoms with Crippen molar-refractivity contribution >= 4 is 33.3 Å². The van der Waals surface area contributed by atoms with Gasteiger partial charge in [0.05, 0.1) is 22.0 Å². The Balaban J connectivity index is 2.72. The molecule has 118 valence electrons. The van der Waals surface area contributed by atoms with Crippen LogP contribution in [0.25, 0.3) is 5.69 Å². The van der Waals surface area contributed by atoms with Crippen LogP contribution in [0.5, 0.6) is 5.75 Å². The van der Waals surface area contributed by atoms with E-state index in [1.807, 2.05) is 0 Å². The molecule has 0 saturated carbocycles. The van der Waals surface area contributed by atoms with Gasteiger partial charge < -0.3 is 4.18 Å². The minimum Gasteiger partial charge on any atom is -0.381 e. The van der Waals surface area contributed by atoms with Crippen molar-refractivity contribution in [2.75, 3.05) is 6.26 Å². The zero-order valence-corrected chi connectivity index (χ0v) is 13.6. The maximum atomic E-state index is 12.0. The molecular weight excluding hydrogens is 357 g/mol. The molecule has 1 heterocycles. The van der Waals surface area contributed by atoms with Crippen LogP contribution in [0.2, 0.25) is 10.0 Å². The number of benzene rings is 1. The van der Waals surface area contributed by atoms with E-state index in [1.54, 1.807) is 0 Å². The van der Waals surface area contributed by atoms with Crippen LogP contribution in [-0.4, -0.2) is 29.0 Å². The average molecular weight is 366 g/mol. The monoisotopic (exact) mass is 365 g/mol. The maximum Gasteiger partial charge on any atom is 0.351 e. The third kappa shape index (κ3) is 3.32. The molecule has 22 heavy (non-hydrogen) atoms. The molecule has 0 aliphatic carbocycles. The summed E-state index contributed by atoms with van der Waals surface area (Å²) in [5, 5.41) is 3.64. The number of rotatable bonds is 3. The van der Waals surface area contributed by atoms with Crippen LogP contribution in [0.3, 0.4) is 0 Å². The van der Waals surface area contributed by atoms with Gasteiger partial charge in [0.2, 0.25) is 0 Å². The number of hydrogen-bond donors (Lipinski definition) is 0. The van der Waals surface area contributed by atoms with Gasteiger partial charge in [-0.25, -0.2) is 4.79 Å². The Labute approximate surface area is 134 Å². The summed E-state index contributed by atoms with van der Waals surface area (Å²) < 4.78 is 28.8. The topological polar surface area (TPSA) is 100 Å². The lowest BCUT2D eigenvalue weighted by atomic mass is 10.3. The van der Waals surface area contributed by atoms with Crippen molar-refractivity contribution in [2.45, 2.75) is 0 Å². The fraction of sp³-hybridized carbons (Fsp3) is 0.182. The molecule has 0 aliphatic rings. The van der Waals surface area contributed by atoms with Crippen molar-refractivity contribution < 1.29 is 12.6 Å². The van der Waals surface area contributed by atoms with Gasteiger partial charge in [0.1, 0.15) is 6.20 Å². The van der Waals surface area contributed by atoms with Crippen molar-refractivity contribution in [1.29, 1.82) is 0 Å². The highest BCUT2D eigenvalue weighted by Crippen LogP contribution is 2.33. The molecule has 0 bridgehead atoms. The van der Waals surface area contributed by atoms with E-state index in [9.17, 15) is 18.0 Å². The summed E-state index contributed by atoms with van der Waals surface area (Å²) in [6.45, 7) is 0. The zero-order valence-electron chi connectivity index (χ0n) is 11.3. The smallest absolute Gasteiger partial charge is 0.351 e. The van der Waals surface area contributed by atoms with Gasteiger partial charge in [-0.3, -0.25) is 9.36 Å². The predicted octanol–water partition coefficient (Wildman–Crippen LogP) is 0.576. The first kappa shape index (κ1) is 16.5. The molecule has 1 aromatic carbocycles. The van der Waals surface area contributed by atoms with Gasteiger partial charge in [-0.1, -0.05) is 23.2 Å². The minimum atomic E-state index is -3.83. The highest BCUT2D eigenvalue weighted by atomic mass is 35.5. The lowest BCUT2D eigenvalue weighted by molar-refractivity contribution is 0.492. The first-order valence-electron chi connectivity index (χ1n) is 5.64. The third-order valence-corrected chi connectivity index (χ3v) is 3.63. The van der Waals surface area contributed by atoms with Crippen LogP contribution >= 0.6 is 23.2 Å². The van der Waals surface area contributed by atoms with Crippen LogP contribution in [0.15, 0.2) is 27.9 Å². The molecule has 0 aliphatic heterocycles. The van der Waals surface area contributed by atoms with Crippen molar-refractivity contribution in [1.82, 2.24) is 14.3 Å². The first-order chi connectivity index (χ1) is 10.1. The lowest BCUT2D eigenvalue weighted by Gasteiger charge is -2.11. The molecule has 0 fully saturated rings. The molecule has 0 atom stereocenters. The third-order valence-electron chi connectivity index (χ3n) is 2.55. The summed E-state index contributed by atoms with van der Waals surface area (Å²) in [4.78, 5) is 23.4. The summed E-state index contributed by atoms with van der Waals surface area (Å²) in [5.74, 6) is -0.217. The minimum absolute atomic E-state index is 0.0188.